The van der Waals surface area contributed by atoms with Gasteiger partial charge in [-0.15, -0.1) is 0 Å². The van der Waals surface area contributed by atoms with Crippen LogP contribution in [0.3, 0.4) is 0 Å². The van der Waals surface area contributed by atoms with Crippen molar-refractivity contribution in [3.05, 3.63) is 63.7 Å². The van der Waals surface area contributed by atoms with Crippen molar-refractivity contribution >= 4 is 28.9 Å². The third-order valence-electron chi connectivity index (χ3n) is 7.25. The number of carbonyl (C=O) groups is 1. The van der Waals surface area contributed by atoms with Crippen LogP contribution in [-0.2, 0) is 6.42 Å². The zero-order valence-corrected chi connectivity index (χ0v) is 19.2. The maximum absolute atomic E-state index is 12.4. The van der Waals surface area contributed by atoms with Gasteiger partial charge < -0.3 is 10.4 Å². The van der Waals surface area contributed by atoms with Crippen molar-refractivity contribution in [2.24, 2.45) is 16.9 Å². The van der Waals surface area contributed by atoms with E-state index in [0.717, 1.165) is 35.4 Å². The van der Waals surface area contributed by atoms with Gasteiger partial charge in [0.25, 0.3) is 5.91 Å². The Morgan fingerprint density at radius 2 is 2.03 bits per heavy atom. The minimum atomic E-state index is -0.167. The molecule has 0 radical (unpaired) electrons. The van der Waals surface area contributed by atoms with E-state index in [1.165, 1.54) is 25.7 Å². The third kappa shape index (κ3) is 4.01. The number of aliphatic hydroxyl groups excluding tert-OH is 1. The maximum Gasteiger partial charge on any atom is 0.251 e. The molecule has 0 saturated heterocycles. The van der Waals surface area contributed by atoms with Crippen molar-refractivity contribution in [1.82, 2.24) is 5.32 Å². The first-order chi connectivity index (χ1) is 16.1. The molecule has 1 amide bonds. The molecular formula is C26H27ClN4O2. The Hall–Kier alpha value is -2.88. The average Bonchev–Trinajstić information content (AvgIpc) is 3.49. The van der Waals surface area contributed by atoms with Crippen molar-refractivity contribution in [2.75, 3.05) is 18.2 Å². The molecule has 2 N–H and O–H groups in total. The van der Waals surface area contributed by atoms with Crippen LogP contribution in [0, 0.1) is 23.2 Å². The lowest BCUT2D eigenvalue weighted by atomic mass is 9.74. The summed E-state index contributed by atoms with van der Waals surface area (Å²) in [4.78, 5) is 12.4. The summed E-state index contributed by atoms with van der Waals surface area (Å²) in [5, 5.41) is 28.7. The van der Waals surface area contributed by atoms with Gasteiger partial charge >= 0.3 is 0 Å². The van der Waals surface area contributed by atoms with E-state index in [4.69, 9.17) is 21.8 Å². The van der Waals surface area contributed by atoms with Crippen LogP contribution >= 0.6 is 11.6 Å². The number of halogens is 1. The van der Waals surface area contributed by atoms with E-state index in [9.17, 15) is 10.1 Å². The molecule has 2 aromatic rings. The van der Waals surface area contributed by atoms with Crippen LogP contribution in [0.25, 0.3) is 0 Å². The van der Waals surface area contributed by atoms with Crippen LogP contribution < -0.4 is 10.3 Å². The van der Waals surface area contributed by atoms with Gasteiger partial charge in [-0.1, -0.05) is 30.5 Å². The number of rotatable bonds is 5. The second-order valence-electron chi connectivity index (χ2n) is 9.14. The van der Waals surface area contributed by atoms with E-state index < -0.39 is 0 Å². The molecule has 0 bridgehead atoms. The highest BCUT2D eigenvalue weighted by molar-refractivity contribution is 6.32. The number of hydrogen-bond donors (Lipinski definition) is 2. The molecule has 5 rings (SSSR count). The summed E-state index contributed by atoms with van der Waals surface area (Å²) < 4.78 is 0. The highest BCUT2D eigenvalue weighted by Crippen LogP contribution is 2.45. The average molecular weight is 463 g/mol. The van der Waals surface area contributed by atoms with Crippen LogP contribution in [0.4, 0.5) is 5.69 Å². The van der Waals surface area contributed by atoms with Crippen LogP contribution in [0.2, 0.25) is 5.02 Å². The van der Waals surface area contributed by atoms with Crippen LogP contribution in [0.15, 0.2) is 41.5 Å². The Morgan fingerprint density at radius 3 is 2.76 bits per heavy atom. The minimum Gasteiger partial charge on any atom is -0.395 e. The smallest absolute Gasteiger partial charge is 0.251 e. The zero-order chi connectivity index (χ0) is 22.9. The number of aliphatic hydroxyl groups is 1. The standard InChI is InChI=1S/C26H27ClN4O2/c27-23-14-20(8-5-19(23)15-28)31-25(16-3-1-2-4-16)22-10-6-17-13-18(26(33)29-11-12-32)7-9-21(17)24(22)30-31/h5,7-9,13-14,16,22,25,32H,1-4,6,10-12H2,(H,29,33)/t22-,25-/m0/s1. The summed E-state index contributed by atoms with van der Waals surface area (Å²) in [6.45, 7) is 0.169. The largest absolute Gasteiger partial charge is 0.395 e. The lowest BCUT2D eigenvalue weighted by Gasteiger charge is -2.34. The molecule has 1 aliphatic heterocycles. The number of fused-ring (bicyclic) bond motifs is 3. The molecule has 1 fully saturated rings. The van der Waals surface area contributed by atoms with E-state index in [1.807, 2.05) is 30.3 Å². The number of amides is 1. The van der Waals surface area contributed by atoms with Crippen molar-refractivity contribution in [2.45, 2.75) is 44.6 Å². The number of carbonyl (C=O) groups excluding carboxylic acids is 1. The number of hydrazone groups is 1. The van der Waals surface area contributed by atoms with E-state index in [2.05, 4.69) is 16.4 Å². The van der Waals surface area contributed by atoms with E-state index >= 15 is 0 Å². The van der Waals surface area contributed by atoms with Gasteiger partial charge in [-0.05, 0) is 67.5 Å². The highest BCUT2D eigenvalue weighted by atomic mass is 35.5. The molecular weight excluding hydrogens is 436 g/mol. The fraction of sp³-hybridized carbons (Fsp3) is 0.423. The number of hydrogen-bond acceptors (Lipinski definition) is 5. The van der Waals surface area contributed by atoms with Gasteiger partial charge in [-0.2, -0.15) is 10.4 Å². The summed E-state index contributed by atoms with van der Waals surface area (Å²) in [5.74, 6) is 0.750. The summed E-state index contributed by atoms with van der Waals surface area (Å²) in [5.41, 5.74) is 5.37. The molecule has 1 heterocycles. The quantitative estimate of drug-likeness (QED) is 0.694. The minimum absolute atomic E-state index is 0.0765. The molecule has 0 aromatic heterocycles. The molecule has 170 valence electrons. The van der Waals surface area contributed by atoms with Crippen molar-refractivity contribution < 1.29 is 9.90 Å². The Balaban J connectivity index is 1.52. The maximum atomic E-state index is 12.4. The summed E-state index contributed by atoms with van der Waals surface area (Å²) in [6, 6.07) is 13.8. The molecule has 7 heteroatoms. The number of nitriles is 1. The number of aryl methyl sites for hydroxylation is 1. The molecule has 33 heavy (non-hydrogen) atoms. The van der Waals surface area contributed by atoms with Gasteiger partial charge in [0, 0.05) is 23.6 Å². The molecule has 3 aliphatic rings. The first kappa shape index (κ1) is 21.9. The van der Waals surface area contributed by atoms with E-state index in [1.54, 1.807) is 6.07 Å². The second-order valence-corrected chi connectivity index (χ2v) is 9.54. The lowest BCUT2D eigenvalue weighted by Crippen LogP contribution is -2.40. The molecule has 0 unspecified atom stereocenters. The predicted molar refractivity (Wildman–Crippen MR) is 129 cm³/mol. The fourth-order valence-corrected chi connectivity index (χ4v) is 5.94. The monoisotopic (exact) mass is 462 g/mol. The van der Waals surface area contributed by atoms with Gasteiger partial charge in [0.15, 0.2) is 0 Å². The highest BCUT2D eigenvalue weighted by Gasteiger charge is 2.45. The van der Waals surface area contributed by atoms with Gasteiger partial charge in [0.2, 0.25) is 0 Å². The van der Waals surface area contributed by atoms with Crippen LogP contribution in [-0.4, -0.2) is 35.9 Å². The fourth-order valence-electron chi connectivity index (χ4n) is 5.72. The summed E-state index contributed by atoms with van der Waals surface area (Å²) in [6.07, 6.45) is 6.84. The Bertz CT molecular complexity index is 1150. The summed E-state index contributed by atoms with van der Waals surface area (Å²) >= 11 is 6.38. The number of anilines is 1. The molecule has 2 atom stereocenters. The van der Waals surface area contributed by atoms with Gasteiger partial charge in [-0.3, -0.25) is 9.80 Å². The SMILES string of the molecule is N#Cc1ccc(N2N=C3c4ccc(C(=O)NCCO)cc4CC[C@@H]3[C@@H]2C2CCCC2)cc1Cl. The van der Waals surface area contributed by atoms with Crippen LogP contribution in [0.5, 0.6) is 0 Å². The Kier molecular flexibility index (Phi) is 6.09. The molecule has 0 spiro atoms. The predicted octanol–water partition coefficient (Wildman–Crippen LogP) is 4.28. The normalized spacial score (nSPS) is 21.8. The van der Waals surface area contributed by atoms with Crippen LogP contribution in [0.1, 0.15) is 59.2 Å². The van der Waals surface area contributed by atoms with Crippen molar-refractivity contribution in [1.29, 1.82) is 5.26 Å². The number of benzene rings is 2. The zero-order valence-electron chi connectivity index (χ0n) is 18.4. The van der Waals surface area contributed by atoms with Crippen molar-refractivity contribution in [3.8, 4) is 6.07 Å². The van der Waals surface area contributed by atoms with Gasteiger partial charge in [0.05, 0.1) is 34.6 Å². The third-order valence-corrected chi connectivity index (χ3v) is 7.56. The molecule has 1 saturated carbocycles. The first-order valence-electron chi connectivity index (χ1n) is 11.7. The molecule has 6 nitrogen and oxygen atoms in total. The Morgan fingerprint density at radius 1 is 1.21 bits per heavy atom. The Labute approximate surface area is 198 Å². The van der Waals surface area contributed by atoms with E-state index in [-0.39, 0.29) is 25.1 Å². The topological polar surface area (TPSA) is 88.7 Å². The van der Waals surface area contributed by atoms with Gasteiger partial charge in [0.1, 0.15) is 6.07 Å². The molecule has 2 aromatic carbocycles. The van der Waals surface area contributed by atoms with E-state index in [0.29, 0.717) is 28.0 Å². The number of nitrogens with one attached hydrogen (secondary N) is 1. The lowest BCUT2D eigenvalue weighted by molar-refractivity contribution is 0.0944. The molecule has 2 aliphatic carbocycles. The van der Waals surface area contributed by atoms with Gasteiger partial charge in [-0.25, -0.2) is 0 Å². The first-order valence-corrected chi connectivity index (χ1v) is 12.1. The summed E-state index contributed by atoms with van der Waals surface area (Å²) in [7, 11) is 0. The second kappa shape index (κ2) is 9.17. The van der Waals surface area contributed by atoms with Crippen molar-refractivity contribution in [3.63, 3.8) is 0 Å². The number of nitrogens with zero attached hydrogens (tertiary/aromatic N) is 3.